The van der Waals surface area contributed by atoms with E-state index in [0.29, 0.717) is 18.0 Å². The number of rotatable bonds is 10. The van der Waals surface area contributed by atoms with Crippen molar-refractivity contribution in [2.75, 3.05) is 24.2 Å². The Bertz CT molecular complexity index is 1050. The van der Waals surface area contributed by atoms with E-state index in [0.717, 1.165) is 27.3 Å². The summed E-state index contributed by atoms with van der Waals surface area (Å²) in [6.45, 7) is 7.72. The Labute approximate surface area is 197 Å². The molecule has 0 aromatic heterocycles. The summed E-state index contributed by atoms with van der Waals surface area (Å²) < 4.78 is 26.3. The maximum Gasteiger partial charge on any atom is 0.244 e. The fourth-order valence-corrected chi connectivity index (χ4v) is 4.47. The third-order valence-corrected chi connectivity index (χ3v) is 6.77. The number of likely N-dealkylation sites (N-methyl/N-ethyl adjacent to an activating group) is 1. The number of hydrogen-bond donors (Lipinski definition) is 1. The highest BCUT2D eigenvalue weighted by Crippen LogP contribution is 2.23. The zero-order valence-corrected chi connectivity index (χ0v) is 21.1. The molecule has 0 aliphatic heterocycles. The molecule has 0 heterocycles. The molecule has 7 nitrogen and oxygen atoms in total. The van der Waals surface area contributed by atoms with E-state index >= 15 is 0 Å². The van der Waals surface area contributed by atoms with E-state index in [1.54, 1.807) is 12.1 Å². The summed E-state index contributed by atoms with van der Waals surface area (Å²) in [6, 6.07) is 14.1. The molecule has 2 aromatic rings. The molecule has 0 fully saturated rings. The molecule has 0 aliphatic rings. The number of benzene rings is 2. The quantitative estimate of drug-likeness (QED) is 0.573. The van der Waals surface area contributed by atoms with Gasteiger partial charge < -0.3 is 10.2 Å². The monoisotopic (exact) mass is 473 g/mol. The van der Waals surface area contributed by atoms with Gasteiger partial charge in [-0.15, -0.1) is 0 Å². The van der Waals surface area contributed by atoms with Gasteiger partial charge in [-0.3, -0.25) is 13.9 Å². The summed E-state index contributed by atoms with van der Waals surface area (Å²) in [5, 5.41) is 2.61. The summed E-state index contributed by atoms with van der Waals surface area (Å²) in [5.74, 6) is -0.426. The van der Waals surface area contributed by atoms with Gasteiger partial charge in [-0.2, -0.15) is 0 Å². The van der Waals surface area contributed by atoms with Crippen LogP contribution < -0.4 is 9.62 Å². The lowest BCUT2D eigenvalue weighted by molar-refractivity contribution is -0.140. The van der Waals surface area contributed by atoms with Crippen LogP contribution in [-0.4, -0.2) is 51.0 Å². The zero-order valence-electron chi connectivity index (χ0n) is 20.3. The van der Waals surface area contributed by atoms with E-state index in [1.165, 1.54) is 11.9 Å². The Morgan fingerprint density at radius 1 is 1.00 bits per heavy atom. The molecule has 1 N–H and O–H groups in total. The van der Waals surface area contributed by atoms with Gasteiger partial charge in [0.15, 0.2) is 0 Å². The van der Waals surface area contributed by atoms with Crippen LogP contribution in [0.4, 0.5) is 5.69 Å². The van der Waals surface area contributed by atoms with Gasteiger partial charge >= 0.3 is 0 Å². The van der Waals surface area contributed by atoms with E-state index in [-0.39, 0.29) is 19.0 Å². The number of nitrogens with zero attached hydrogens (tertiary/aromatic N) is 2. The lowest BCUT2D eigenvalue weighted by Gasteiger charge is -2.32. The summed E-state index contributed by atoms with van der Waals surface area (Å²) in [7, 11) is -2.20. The second-order valence-electron chi connectivity index (χ2n) is 8.56. The van der Waals surface area contributed by atoms with Crippen LogP contribution in [0, 0.1) is 6.92 Å². The first-order valence-electron chi connectivity index (χ1n) is 11.1. The minimum atomic E-state index is -3.73. The zero-order chi connectivity index (χ0) is 24.8. The van der Waals surface area contributed by atoms with Crippen molar-refractivity contribution >= 4 is 27.5 Å². The molecule has 0 saturated carbocycles. The summed E-state index contributed by atoms with van der Waals surface area (Å²) >= 11 is 0. The van der Waals surface area contributed by atoms with Gasteiger partial charge in [-0.25, -0.2) is 8.42 Å². The Morgan fingerprint density at radius 3 is 2.03 bits per heavy atom. The predicted molar refractivity (Wildman–Crippen MR) is 133 cm³/mol. The normalized spacial score (nSPS) is 12.3. The lowest BCUT2D eigenvalue weighted by Crippen LogP contribution is -2.51. The molecular formula is C25H35N3O4S. The van der Waals surface area contributed by atoms with Crippen LogP contribution >= 0.6 is 0 Å². The molecule has 33 heavy (non-hydrogen) atoms. The fourth-order valence-electron chi connectivity index (χ4n) is 3.62. The lowest BCUT2D eigenvalue weighted by atomic mass is 10.0. The Kier molecular flexibility index (Phi) is 9.05. The van der Waals surface area contributed by atoms with Crippen LogP contribution in [0.1, 0.15) is 49.8 Å². The van der Waals surface area contributed by atoms with Crippen LogP contribution in [0.25, 0.3) is 0 Å². The van der Waals surface area contributed by atoms with Gasteiger partial charge in [0, 0.05) is 13.6 Å². The fraction of sp³-hybridized carbons (Fsp3) is 0.440. The smallest absolute Gasteiger partial charge is 0.244 e. The minimum Gasteiger partial charge on any atom is -0.357 e. The molecule has 8 heteroatoms. The Balaban J connectivity index is 2.40. The highest BCUT2D eigenvalue weighted by atomic mass is 32.2. The number of anilines is 1. The van der Waals surface area contributed by atoms with Crippen LogP contribution in [0.3, 0.4) is 0 Å². The molecule has 0 unspecified atom stereocenters. The van der Waals surface area contributed by atoms with E-state index in [2.05, 4.69) is 19.2 Å². The second kappa shape index (κ2) is 11.3. The number of carbonyl (C=O) groups is 2. The predicted octanol–water partition coefficient (Wildman–Crippen LogP) is 3.44. The largest absolute Gasteiger partial charge is 0.357 e. The first kappa shape index (κ1) is 26.4. The molecule has 180 valence electrons. The van der Waals surface area contributed by atoms with Gasteiger partial charge in [-0.1, -0.05) is 62.7 Å². The van der Waals surface area contributed by atoms with Crippen molar-refractivity contribution in [2.45, 2.75) is 52.6 Å². The van der Waals surface area contributed by atoms with E-state index in [1.807, 2.05) is 50.2 Å². The molecule has 2 aromatic carbocycles. The van der Waals surface area contributed by atoms with Gasteiger partial charge in [-0.05, 0) is 42.5 Å². The number of amides is 2. The van der Waals surface area contributed by atoms with Crippen molar-refractivity contribution in [3.63, 3.8) is 0 Å². The number of hydrogen-bond acceptors (Lipinski definition) is 4. The molecular weight excluding hydrogens is 438 g/mol. The number of sulfonamides is 1. The summed E-state index contributed by atoms with van der Waals surface area (Å²) in [6.07, 6.45) is 1.48. The average Bonchev–Trinajstić information content (AvgIpc) is 2.77. The first-order chi connectivity index (χ1) is 15.5. The molecule has 0 saturated heterocycles. The van der Waals surface area contributed by atoms with Crippen molar-refractivity contribution in [3.8, 4) is 0 Å². The van der Waals surface area contributed by atoms with Crippen molar-refractivity contribution < 1.29 is 18.0 Å². The highest BCUT2D eigenvalue weighted by Gasteiger charge is 2.31. The second-order valence-corrected chi connectivity index (χ2v) is 10.5. The number of carbonyl (C=O) groups excluding carboxylic acids is 2. The standard InChI is InChI=1S/C25H35N3O4S/c1-7-23(25(30)26-5)27(16-20-10-8-19(4)9-11-20)24(29)17-28(33(6,31)32)22-14-12-21(13-15-22)18(2)3/h8-15,18,23H,7,16-17H2,1-6H3,(H,26,30)/t23-/m1/s1. The molecule has 0 radical (unpaired) electrons. The van der Waals surface area contributed by atoms with Gasteiger partial charge in [0.2, 0.25) is 21.8 Å². The van der Waals surface area contributed by atoms with Crippen molar-refractivity contribution in [2.24, 2.45) is 0 Å². The third-order valence-electron chi connectivity index (χ3n) is 5.63. The van der Waals surface area contributed by atoms with E-state index in [4.69, 9.17) is 0 Å². The van der Waals surface area contributed by atoms with Crippen molar-refractivity contribution in [3.05, 3.63) is 65.2 Å². The molecule has 2 amide bonds. The van der Waals surface area contributed by atoms with Gasteiger partial charge in [0.05, 0.1) is 11.9 Å². The topological polar surface area (TPSA) is 86.8 Å². The maximum absolute atomic E-state index is 13.5. The molecule has 0 spiro atoms. The van der Waals surface area contributed by atoms with Crippen LogP contribution in [0.2, 0.25) is 0 Å². The van der Waals surface area contributed by atoms with Crippen molar-refractivity contribution in [1.82, 2.24) is 10.2 Å². The Morgan fingerprint density at radius 2 is 1.58 bits per heavy atom. The molecule has 1 atom stereocenters. The summed E-state index contributed by atoms with van der Waals surface area (Å²) in [5.41, 5.74) is 3.44. The van der Waals surface area contributed by atoms with Gasteiger partial charge in [0.1, 0.15) is 12.6 Å². The summed E-state index contributed by atoms with van der Waals surface area (Å²) in [4.78, 5) is 27.5. The van der Waals surface area contributed by atoms with E-state index < -0.39 is 22.0 Å². The Hall–Kier alpha value is -2.87. The number of aryl methyl sites for hydroxylation is 1. The van der Waals surface area contributed by atoms with Gasteiger partial charge in [0.25, 0.3) is 0 Å². The van der Waals surface area contributed by atoms with Crippen LogP contribution in [0.15, 0.2) is 48.5 Å². The highest BCUT2D eigenvalue weighted by molar-refractivity contribution is 7.92. The molecule has 0 aliphatic carbocycles. The SMILES string of the molecule is CC[C@H](C(=O)NC)N(Cc1ccc(C)cc1)C(=O)CN(c1ccc(C(C)C)cc1)S(C)(=O)=O. The maximum atomic E-state index is 13.5. The minimum absolute atomic E-state index is 0.203. The van der Waals surface area contributed by atoms with E-state index in [9.17, 15) is 18.0 Å². The molecule has 2 rings (SSSR count). The number of nitrogens with one attached hydrogen (secondary N) is 1. The molecule has 0 bridgehead atoms. The van der Waals surface area contributed by atoms with Crippen LogP contribution in [0.5, 0.6) is 0 Å². The van der Waals surface area contributed by atoms with Crippen LogP contribution in [-0.2, 0) is 26.2 Å². The average molecular weight is 474 g/mol. The third kappa shape index (κ3) is 7.05. The van der Waals surface area contributed by atoms with Crippen molar-refractivity contribution in [1.29, 1.82) is 0 Å². The first-order valence-corrected chi connectivity index (χ1v) is 13.0.